The van der Waals surface area contributed by atoms with Crippen LogP contribution in [0.25, 0.3) is 0 Å². The molecule has 20 heavy (non-hydrogen) atoms. The van der Waals surface area contributed by atoms with E-state index in [0.29, 0.717) is 18.7 Å². The van der Waals surface area contributed by atoms with Gasteiger partial charge in [-0.05, 0) is 43.4 Å². The Hall–Kier alpha value is -0.820. The lowest BCUT2D eigenvalue weighted by Crippen LogP contribution is -2.28. The summed E-state index contributed by atoms with van der Waals surface area (Å²) < 4.78 is 31.9. The average molecular weight is 320 g/mol. The van der Waals surface area contributed by atoms with Gasteiger partial charge in [0.05, 0.1) is 23.1 Å². The Bertz CT molecular complexity index is 576. The van der Waals surface area contributed by atoms with Crippen LogP contribution >= 0.6 is 11.6 Å². The molecule has 2 unspecified atom stereocenters. The highest BCUT2D eigenvalue weighted by molar-refractivity contribution is 7.89. The molecule has 0 aliphatic heterocycles. The van der Waals surface area contributed by atoms with Crippen molar-refractivity contribution in [3.63, 3.8) is 0 Å². The molecule has 0 heterocycles. The van der Waals surface area contributed by atoms with Crippen LogP contribution in [0.3, 0.4) is 0 Å². The van der Waals surface area contributed by atoms with Crippen LogP contribution in [0.15, 0.2) is 23.1 Å². The highest BCUT2D eigenvalue weighted by atomic mass is 35.5. The van der Waals surface area contributed by atoms with Crippen molar-refractivity contribution >= 4 is 21.6 Å². The topological polar surface area (TPSA) is 75.6 Å². The van der Waals surface area contributed by atoms with Gasteiger partial charge in [-0.2, -0.15) is 0 Å². The van der Waals surface area contributed by atoms with Crippen LogP contribution < -0.4 is 9.46 Å². The summed E-state index contributed by atoms with van der Waals surface area (Å²) in [7, 11) is -2.11. The van der Waals surface area contributed by atoms with Gasteiger partial charge in [-0.25, -0.2) is 13.1 Å². The molecule has 0 saturated heterocycles. The molecule has 0 aromatic heterocycles. The minimum atomic E-state index is -3.58. The summed E-state index contributed by atoms with van der Waals surface area (Å²) in [5, 5.41) is 9.69. The number of sulfonamides is 1. The molecule has 0 radical (unpaired) electrons. The number of hydrogen-bond donors (Lipinski definition) is 2. The third kappa shape index (κ3) is 3.63. The summed E-state index contributed by atoms with van der Waals surface area (Å²) in [6.07, 6.45) is 1.92. The number of methoxy groups -OCH3 is 1. The van der Waals surface area contributed by atoms with E-state index >= 15 is 0 Å². The Balaban J connectivity index is 2.04. The Kier molecular flexibility index (Phi) is 4.90. The van der Waals surface area contributed by atoms with E-state index in [2.05, 4.69) is 4.72 Å². The van der Waals surface area contributed by atoms with E-state index in [1.54, 1.807) is 0 Å². The van der Waals surface area contributed by atoms with E-state index in [4.69, 9.17) is 16.3 Å². The number of hydrogen-bond acceptors (Lipinski definition) is 4. The predicted molar refractivity (Wildman–Crippen MR) is 76.5 cm³/mol. The van der Waals surface area contributed by atoms with Crippen LogP contribution in [0.2, 0.25) is 5.02 Å². The van der Waals surface area contributed by atoms with E-state index in [-0.39, 0.29) is 21.9 Å². The molecule has 0 spiro atoms. The molecule has 2 atom stereocenters. The van der Waals surface area contributed by atoms with Crippen LogP contribution in [-0.4, -0.2) is 33.3 Å². The summed E-state index contributed by atoms with van der Waals surface area (Å²) in [6.45, 7) is 0.336. The fourth-order valence-corrected chi connectivity index (χ4v) is 3.82. The second kappa shape index (κ2) is 6.30. The van der Waals surface area contributed by atoms with E-state index in [9.17, 15) is 13.5 Å². The lowest BCUT2D eigenvalue weighted by Gasteiger charge is -2.12. The standard InChI is InChI=1S/C13H18ClNO4S/c1-19-13-5-4-11(7-12(13)14)20(17,18)15-8-9-2-3-10(16)6-9/h4-5,7,9-10,15-16H,2-3,6,8H2,1H3. The normalized spacial score (nSPS) is 22.9. The van der Waals surface area contributed by atoms with Gasteiger partial charge in [0.25, 0.3) is 0 Å². The van der Waals surface area contributed by atoms with Gasteiger partial charge in [-0.3, -0.25) is 0 Å². The van der Waals surface area contributed by atoms with Crippen molar-refractivity contribution in [1.29, 1.82) is 0 Å². The van der Waals surface area contributed by atoms with Gasteiger partial charge in [-0.1, -0.05) is 11.6 Å². The van der Waals surface area contributed by atoms with E-state index in [0.717, 1.165) is 12.8 Å². The van der Waals surface area contributed by atoms with Gasteiger partial charge < -0.3 is 9.84 Å². The van der Waals surface area contributed by atoms with Crippen molar-refractivity contribution in [2.24, 2.45) is 5.92 Å². The summed E-state index contributed by atoms with van der Waals surface area (Å²) in [5.74, 6) is 0.623. The van der Waals surface area contributed by atoms with Crippen LogP contribution in [0.4, 0.5) is 0 Å². The van der Waals surface area contributed by atoms with Crippen molar-refractivity contribution < 1.29 is 18.3 Å². The number of rotatable bonds is 5. The van der Waals surface area contributed by atoms with Gasteiger partial charge >= 0.3 is 0 Å². The van der Waals surface area contributed by atoms with Gasteiger partial charge in [-0.15, -0.1) is 0 Å². The fraction of sp³-hybridized carbons (Fsp3) is 0.538. The molecule has 0 amide bonds. The monoisotopic (exact) mass is 319 g/mol. The maximum Gasteiger partial charge on any atom is 0.240 e. The maximum absolute atomic E-state index is 12.1. The third-order valence-electron chi connectivity index (χ3n) is 3.51. The summed E-state index contributed by atoms with van der Waals surface area (Å²) in [4.78, 5) is 0.113. The largest absolute Gasteiger partial charge is 0.495 e. The SMILES string of the molecule is COc1ccc(S(=O)(=O)NCC2CCC(O)C2)cc1Cl. The molecule has 2 N–H and O–H groups in total. The Morgan fingerprint density at radius 2 is 2.20 bits per heavy atom. The third-order valence-corrected chi connectivity index (χ3v) is 5.23. The van der Waals surface area contributed by atoms with E-state index < -0.39 is 10.0 Å². The first-order chi connectivity index (χ1) is 9.42. The first kappa shape index (κ1) is 15.6. The molecule has 1 aliphatic rings. The lowest BCUT2D eigenvalue weighted by atomic mass is 10.1. The van der Waals surface area contributed by atoms with Gasteiger partial charge in [0.15, 0.2) is 0 Å². The second-order valence-corrected chi connectivity index (χ2v) is 7.16. The van der Waals surface area contributed by atoms with Crippen molar-refractivity contribution in [2.45, 2.75) is 30.3 Å². The van der Waals surface area contributed by atoms with Crippen molar-refractivity contribution in [3.05, 3.63) is 23.2 Å². The quantitative estimate of drug-likeness (QED) is 0.867. The molecule has 1 aliphatic carbocycles. The average Bonchev–Trinajstić information content (AvgIpc) is 2.82. The zero-order chi connectivity index (χ0) is 14.8. The van der Waals surface area contributed by atoms with Crippen molar-refractivity contribution in [1.82, 2.24) is 4.72 Å². The van der Waals surface area contributed by atoms with Crippen LogP contribution in [0, 0.1) is 5.92 Å². The lowest BCUT2D eigenvalue weighted by molar-refractivity contribution is 0.178. The second-order valence-electron chi connectivity index (χ2n) is 4.98. The number of aliphatic hydroxyl groups excluding tert-OH is 1. The molecule has 2 rings (SSSR count). The molecule has 5 nitrogen and oxygen atoms in total. The number of benzene rings is 1. The molecule has 0 bridgehead atoms. The van der Waals surface area contributed by atoms with Crippen LogP contribution in [0.5, 0.6) is 5.75 Å². The molecular formula is C13H18ClNO4S. The minimum absolute atomic E-state index is 0.113. The molecule has 112 valence electrons. The molecule has 1 aromatic rings. The highest BCUT2D eigenvalue weighted by Gasteiger charge is 2.25. The van der Waals surface area contributed by atoms with Gasteiger partial charge in [0.1, 0.15) is 5.75 Å². The molecular weight excluding hydrogens is 302 g/mol. The van der Waals surface area contributed by atoms with Gasteiger partial charge in [0.2, 0.25) is 10.0 Å². The number of nitrogens with one attached hydrogen (secondary N) is 1. The smallest absolute Gasteiger partial charge is 0.240 e. The number of aliphatic hydroxyl groups is 1. The molecule has 1 fully saturated rings. The number of ether oxygens (including phenoxy) is 1. The first-order valence-corrected chi connectivity index (χ1v) is 8.30. The van der Waals surface area contributed by atoms with E-state index in [1.807, 2.05) is 0 Å². The Morgan fingerprint density at radius 3 is 2.75 bits per heavy atom. The van der Waals surface area contributed by atoms with Gasteiger partial charge in [0, 0.05) is 6.54 Å². The summed E-state index contributed by atoms with van der Waals surface area (Å²) in [5.41, 5.74) is 0. The van der Waals surface area contributed by atoms with Crippen LogP contribution in [-0.2, 0) is 10.0 Å². The zero-order valence-electron chi connectivity index (χ0n) is 11.2. The van der Waals surface area contributed by atoms with Crippen molar-refractivity contribution in [2.75, 3.05) is 13.7 Å². The van der Waals surface area contributed by atoms with Crippen LogP contribution in [0.1, 0.15) is 19.3 Å². The zero-order valence-corrected chi connectivity index (χ0v) is 12.7. The Labute approximate surface area is 124 Å². The first-order valence-electron chi connectivity index (χ1n) is 6.43. The predicted octanol–water partition coefficient (Wildman–Crippen LogP) is 1.79. The maximum atomic E-state index is 12.1. The fourth-order valence-electron chi connectivity index (χ4n) is 2.36. The summed E-state index contributed by atoms with van der Waals surface area (Å²) in [6, 6.07) is 4.35. The van der Waals surface area contributed by atoms with E-state index in [1.165, 1.54) is 25.3 Å². The molecule has 1 aromatic carbocycles. The van der Waals surface area contributed by atoms with Crippen molar-refractivity contribution in [3.8, 4) is 5.75 Å². The highest BCUT2D eigenvalue weighted by Crippen LogP contribution is 2.28. The molecule has 7 heteroatoms. The summed E-state index contributed by atoms with van der Waals surface area (Å²) >= 11 is 5.93. The minimum Gasteiger partial charge on any atom is -0.495 e. The molecule has 1 saturated carbocycles. The number of halogens is 1. The Morgan fingerprint density at radius 1 is 1.45 bits per heavy atom.